The Bertz CT molecular complexity index is 725. The molecule has 0 atom stereocenters. The Morgan fingerprint density at radius 3 is 2.63 bits per heavy atom. The van der Waals surface area contributed by atoms with Crippen LogP contribution in [0.25, 0.3) is 10.9 Å². The summed E-state index contributed by atoms with van der Waals surface area (Å²) in [4.78, 5) is 23.6. The number of hydrogen-bond donors (Lipinski definition) is 1. The molecule has 0 aliphatic carbocycles. The highest BCUT2D eigenvalue weighted by Gasteiger charge is 2.17. The van der Waals surface area contributed by atoms with E-state index in [2.05, 4.69) is 0 Å². The average molecular weight is 268 g/mol. The zero-order valence-corrected chi connectivity index (χ0v) is 9.94. The van der Waals surface area contributed by atoms with E-state index in [0.717, 1.165) is 16.9 Å². The highest BCUT2D eigenvalue weighted by atomic mass is 19.2. The third-order valence-electron chi connectivity index (χ3n) is 2.57. The molecule has 2 aromatic rings. The SMILES string of the molecule is CCOC(=O)c1cn(N)c2cc(F)c(F)cc2c1=O. The number of nitrogens with two attached hydrogens (primary N) is 1. The van der Waals surface area contributed by atoms with E-state index >= 15 is 0 Å². The lowest BCUT2D eigenvalue weighted by Gasteiger charge is -2.08. The highest BCUT2D eigenvalue weighted by molar-refractivity contribution is 5.93. The van der Waals surface area contributed by atoms with Crippen LogP contribution in [0.4, 0.5) is 8.78 Å². The number of pyridine rings is 1. The van der Waals surface area contributed by atoms with E-state index in [1.54, 1.807) is 6.92 Å². The van der Waals surface area contributed by atoms with E-state index in [-0.39, 0.29) is 23.1 Å². The van der Waals surface area contributed by atoms with Gasteiger partial charge in [-0.2, -0.15) is 0 Å². The van der Waals surface area contributed by atoms with Gasteiger partial charge in [-0.15, -0.1) is 0 Å². The van der Waals surface area contributed by atoms with Crippen molar-refractivity contribution in [1.29, 1.82) is 0 Å². The van der Waals surface area contributed by atoms with Gasteiger partial charge in [0.2, 0.25) is 5.43 Å². The Kier molecular flexibility index (Phi) is 3.20. The molecule has 0 bridgehead atoms. The first-order valence-corrected chi connectivity index (χ1v) is 5.42. The van der Waals surface area contributed by atoms with Crippen molar-refractivity contribution in [3.8, 4) is 0 Å². The second-order valence-corrected chi connectivity index (χ2v) is 3.78. The molecule has 7 heteroatoms. The lowest BCUT2D eigenvalue weighted by molar-refractivity contribution is 0.0524. The summed E-state index contributed by atoms with van der Waals surface area (Å²) in [6, 6.07) is 1.50. The number of rotatable bonds is 2. The normalized spacial score (nSPS) is 10.7. The van der Waals surface area contributed by atoms with Gasteiger partial charge in [0, 0.05) is 12.3 Å². The van der Waals surface area contributed by atoms with Gasteiger partial charge in [0.25, 0.3) is 0 Å². The van der Waals surface area contributed by atoms with E-state index in [0.29, 0.717) is 6.07 Å². The number of esters is 1. The van der Waals surface area contributed by atoms with Gasteiger partial charge in [0.15, 0.2) is 11.6 Å². The smallest absolute Gasteiger partial charge is 0.343 e. The number of nitrogens with zero attached hydrogens (tertiary/aromatic N) is 1. The van der Waals surface area contributed by atoms with Crippen molar-refractivity contribution in [2.75, 3.05) is 12.4 Å². The molecule has 0 aliphatic heterocycles. The maximum atomic E-state index is 13.2. The minimum atomic E-state index is -1.19. The van der Waals surface area contributed by atoms with Crippen molar-refractivity contribution in [3.63, 3.8) is 0 Å². The molecule has 0 fully saturated rings. The van der Waals surface area contributed by atoms with Gasteiger partial charge >= 0.3 is 5.97 Å². The van der Waals surface area contributed by atoms with Crippen molar-refractivity contribution >= 4 is 16.9 Å². The molecule has 1 heterocycles. The number of carbonyl (C=O) groups excluding carboxylic acids is 1. The fourth-order valence-corrected chi connectivity index (χ4v) is 1.70. The topological polar surface area (TPSA) is 74.3 Å². The molecule has 0 amide bonds. The molecular weight excluding hydrogens is 258 g/mol. The summed E-state index contributed by atoms with van der Waals surface area (Å²) in [6.45, 7) is 1.66. The number of aromatic nitrogens is 1. The molecule has 0 saturated carbocycles. The molecule has 2 N–H and O–H groups in total. The Hall–Kier alpha value is -2.44. The number of nitrogen functional groups attached to an aromatic ring is 1. The van der Waals surface area contributed by atoms with Gasteiger partial charge in [-0.1, -0.05) is 0 Å². The number of ether oxygens (including phenoxy) is 1. The first-order valence-electron chi connectivity index (χ1n) is 5.42. The Labute approximate surface area is 106 Å². The molecule has 0 unspecified atom stereocenters. The van der Waals surface area contributed by atoms with Crippen LogP contribution >= 0.6 is 0 Å². The van der Waals surface area contributed by atoms with Crippen LogP contribution in [0.1, 0.15) is 17.3 Å². The maximum Gasteiger partial charge on any atom is 0.343 e. The van der Waals surface area contributed by atoms with Crippen molar-refractivity contribution < 1.29 is 18.3 Å². The summed E-state index contributed by atoms with van der Waals surface area (Å²) in [5.74, 6) is 2.38. The molecule has 0 aliphatic rings. The minimum absolute atomic E-state index is 0.0167. The van der Waals surface area contributed by atoms with E-state index in [1.807, 2.05) is 0 Å². The fraction of sp³-hybridized carbons (Fsp3) is 0.167. The lowest BCUT2D eigenvalue weighted by atomic mass is 10.1. The largest absolute Gasteiger partial charge is 0.462 e. The summed E-state index contributed by atoms with van der Waals surface area (Å²) in [6.07, 6.45) is 1.03. The van der Waals surface area contributed by atoms with Crippen molar-refractivity contribution in [3.05, 3.63) is 45.8 Å². The van der Waals surface area contributed by atoms with E-state index < -0.39 is 23.0 Å². The Morgan fingerprint density at radius 2 is 2.00 bits per heavy atom. The predicted molar refractivity (Wildman–Crippen MR) is 64.2 cm³/mol. The van der Waals surface area contributed by atoms with E-state index in [4.69, 9.17) is 10.6 Å². The lowest BCUT2D eigenvalue weighted by Crippen LogP contribution is -2.23. The van der Waals surface area contributed by atoms with Gasteiger partial charge in [-0.05, 0) is 13.0 Å². The van der Waals surface area contributed by atoms with E-state index in [9.17, 15) is 18.4 Å². The highest BCUT2D eigenvalue weighted by Crippen LogP contribution is 2.15. The molecule has 100 valence electrons. The zero-order chi connectivity index (χ0) is 14.2. The Morgan fingerprint density at radius 1 is 1.37 bits per heavy atom. The molecule has 0 saturated heterocycles. The molecule has 0 radical (unpaired) electrons. The van der Waals surface area contributed by atoms with Crippen molar-refractivity contribution in [2.24, 2.45) is 0 Å². The summed E-state index contributed by atoms with van der Waals surface area (Å²) < 4.78 is 31.8. The third-order valence-corrected chi connectivity index (χ3v) is 2.57. The summed E-state index contributed by atoms with van der Waals surface area (Å²) >= 11 is 0. The van der Waals surface area contributed by atoms with Gasteiger partial charge in [0.1, 0.15) is 5.56 Å². The minimum Gasteiger partial charge on any atom is -0.462 e. The second-order valence-electron chi connectivity index (χ2n) is 3.78. The number of carbonyl (C=O) groups is 1. The Balaban J connectivity index is 2.78. The molecule has 1 aromatic heterocycles. The van der Waals surface area contributed by atoms with Crippen LogP contribution in [-0.4, -0.2) is 17.3 Å². The number of halogens is 2. The quantitative estimate of drug-likeness (QED) is 0.655. The monoisotopic (exact) mass is 268 g/mol. The van der Waals surface area contributed by atoms with Gasteiger partial charge < -0.3 is 10.6 Å². The van der Waals surface area contributed by atoms with Crippen LogP contribution in [0.15, 0.2) is 23.1 Å². The standard InChI is InChI=1S/C12H10F2N2O3/c1-2-19-12(18)7-5-16(15)10-4-9(14)8(13)3-6(10)11(7)17/h3-5H,2,15H2,1H3. The van der Waals surface area contributed by atoms with Crippen LogP contribution in [0, 0.1) is 11.6 Å². The second kappa shape index (κ2) is 4.68. The average Bonchev–Trinajstić information content (AvgIpc) is 2.36. The van der Waals surface area contributed by atoms with Gasteiger partial charge in [-0.3, -0.25) is 9.47 Å². The maximum absolute atomic E-state index is 13.2. The zero-order valence-electron chi connectivity index (χ0n) is 9.94. The molecule has 19 heavy (non-hydrogen) atoms. The number of benzene rings is 1. The molecule has 2 rings (SSSR count). The first kappa shape index (κ1) is 13.0. The predicted octanol–water partition coefficient (Wildman–Crippen LogP) is 1.17. The van der Waals surface area contributed by atoms with Crippen LogP contribution in [0.5, 0.6) is 0 Å². The molecular formula is C12H10F2N2O3. The molecule has 5 nitrogen and oxygen atoms in total. The van der Waals surface area contributed by atoms with Crippen LogP contribution in [0.3, 0.4) is 0 Å². The number of fused-ring (bicyclic) bond motifs is 1. The summed E-state index contributed by atoms with van der Waals surface area (Å²) in [5.41, 5.74) is -1.10. The first-order chi connectivity index (χ1) is 8.95. The third kappa shape index (κ3) is 2.14. The van der Waals surface area contributed by atoms with Crippen LogP contribution in [-0.2, 0) is 4.74 Å². The van der Waals surface area contributed by atoms with Crippen LogP contribution in [0.2, 0.25) is 0 Å². The summed E-state index contributed by atoms with van der Waals surface area (Å²) in [5, 5.41) is -0.188. The number of hydrogen-bond acceptors (Lipinski definition) is 4. The molecule has 1 aromatic carbocycles. The van der Waals surface area contributed by atoms with Crippen molar-refractivity contribution in [1.82, 2.24) is 4.68 Å². The van der Waals surface area contributed by atoms with E-state index in [1.165, 1.54) is 0 Å². The van der Waals surface area contributed by atoms with Gasteiger partial charge in [-0.25, -0.2) is 13.6 Å². The fourth-order valence-electron chi connectivity index (χ4n) is 1.70. The summed E-state index contributed by atoms with van der Waals surface area (Å²) in [7, 11) is 0. The van der Waals surface area contributed by atoms with Crippen molar-refractivity contribution in [2.45, 2.75) is 6.92 Å². The van der Waals surface area contributed by atoms with Crippen LogP contribution < -0.4 is 11.3 Å². The molecule has 0 spiro atoms. The van der Waals surface area contributed by atoms with Gasteiger partial charge in [0.05, 0.1) is 17.5 Å².